The van der Waals surface area contributed by atoms with Gasteiger partial charge in [0.05, 0.1) is 24.6 Å². The van der Waals surface area contributed by atoms with E-state index >= 15 is 0 Å². The summed E-state index contributed by atoms with van der Waals surface area (Å²) in [6.07, 6.45) is 2.22. The number of nitrogens with one attached hydrogen (secondary N) is 2. The Kier molecular flexibility index (Phi) is 7.55. The number of carbonyl (C=O) groups is 2. The average molecular weight is 426 g/mol. The van der Waals surface area contributed by atoms with Crippen LogP contribution >= 0.6 is 0 Å². The van der Waals surface area contributed by atoms with E-state index in [0.717, 1.165) is 37.2 Å². The number of nitro groups is 1. The summed E-state index contributed by atoms with van der Waals surface area (Å²) in [5.41, 5.74) is 0.959. The van der Waals surface area contributed by atoms with E-state index in [1.54, 1.807) is 7.11 Å². The van der Waals surface area contributed by atoms with Crippen molar-refractivity contribution in [2.24, 2.45) is 0 Å². The van der Waals surface area contributed by atoms with Crippen molar-refractivity contribution < 1.29 is 19.2 Å². The lowest BCUT2D eigenvalue weighted by molar-refractivity contribution is -0.384. The highest BCUT2D eigenvalue weighted by molar-refractivity contribution is 5.96. The second kappa shape index (κ2) is 10.5. The first kappa shape index (κ1) is 22.2. The fourth-order valence-corrected chi connectivity index (χ4v) is 3.73. The molecule has 0 aliphatic carbocycles. The van der Waals surface area contributed by atoms with Gasteiger partial charge >= 0.3 is 0 Å². The highest BCUT2D eigenvalue weighted by Gasteiger charge is 2.26. The monoisotopic (exact) mass is 426 g/mol. The predicted molar refractivity (Wildman–Crippen MR) is 115 cm³/mol. The van der Waals surface area contributed by atoms with Crippen LogP contribution < -0.4 is 15.4 Å². The second-order valence-corrected chi connectivity index (χ2v) is 7.30. The van der Waals surface area contributed by atoms with Gasteiger partial charge < -0.3 is 15.4 Å². The molecule has 2 aromatic carbocycles. The Balaban J connectivity index is 1.59. The number of carbonyl (C=O) groups excluding carboxylic acids is 2. The van der Waals surface area contributed by atoms with Gasteiger partial charge in [-0.3, -0.25) is 24.6 Å². The summed E-state index contributed by atoms with van der Waals surface area (Å²) in [7, 11) is 1.63. The zero-order chi connectivity index (χ0) is 22.2. The highest BCUT2D eigenvalue weighted by Crippen LogP contribution is 2.31. The minimum atomic E-state index is -0.570. The van der Waals surface area contributed by atoms with E-state index in [2.05, 4.69) is 15.5 Å². The fraction of sp³-hybridized carbons (Fsp3) is 0.364. The Morgan fingerprint density at radius 2 is 1.87 bits per heavy atom. The molecule has 2 amide bonds. The molecule has 0 spiro atoms. The van der Waals surface area contributed by atoms with Gasteiger partial charge in [-0.1, -0.05) is 24.3 Å². The van der Waals surface area contributed by atoms with Crippen molar-refractivity contribution in [3.05, 3.63) is 69.8 Å². The molecule has 2 aromatic rings. The molecular formula is C22H26N4O5. The Hall–Kier alpha value is -3.46. The lowest BCUT2D eigenvalue weighted by Gasteiger charge is -2.29. The Bertz CT molecular complexity index is 943. The van der Waals surface area contributed by atoms with Crippen LogP contribution in [0.1, 0.15) is 34.8 Å². The molecule has 1 unspecified atom stereocenters. The molecule has 1 saturated heterocycles. The maximum atomic E-state index is 12.4. The molecule has 1 atom stereocenters. The minimum Gasteiger partial charge on any atom is -0.496 e. The molecule has 9 heteroatoms. The van der Waals surface area contributed by atoms with Crippen molar-refractivity contribution in [1.29, 1.82) is 0 Å². The number of nitro benzene ring substituents is 1. The summed E-state index contributed by atoms with van der Waals surface area (Å²) in [6.45, 7) is 2.05. The van der Waals surface area contributed by atoms with E-state index in [4.69, 9.17) is 4.74 Å². The largest absolute Gasteiger partial charge is 0.496 e. The molecule has 0 saturated carbocycles. The third-order valence-corrected chi connectivity index (χ3v) is 5.30. The van der Waals surface area contributed by atoms with Crippen molar-refractivity contribution in [3.63, 3.8) is 0 Å². The van der Waals surface area contributed by atoms with E-state index in [0.29, 0.717) is 6.54 Å². The number of ether oxygens (including phenoxy) is 1. The molecule has 1 heterocycles. The van der Waals surface area contributed by atoms with Crippen LogP contribution in [0.4, 0.5) is 5.69 Å². The summed E-state index contributed by atoms with van der Waals surface area (Å²) >= 11 is 0. The standard InChI is InChI=1S/C22H26N4O5/c1-31-20-10-3-2-9-18(20)19(25-11-4-5-12-25)14-23-21(27)15-24-22(28)16-7-6-8-17(13-16)26(29)30/h2-3,6-10,13,19H,4-5,11-12,14-15H2,1H3,(H,23,27)(H,24,28). The Morgan fingerprint density at radius 1 is 1.13 bits per heavy atom. The summed E-state index contributed by atoms with van der Waals surface area (Å²) in [4.78, 5) is 37.2. The number of likely N-dealkylation sites (tertiary alicyclic amines) is 1. The van der Waals surface area contributed by atoms with Gasteiger partial charge in [-0.2, -0.15) is 0 Å². The van der Waals surface area contributed by atoms with Crippen molar-refractivity contribution in [3.8, 4) is 5.75 Å². The molecule has 0 radical (unpaired) electrons. The zero-order valence-electron chi connectivity index (χ0n) is 17.4. The maximum absolute atomic E-state index is 12.4. The quantitative estimate of drug-likeness (QED) is 0.470. The molecule has 1 fully saturated rings. The molecule has 0 aromatic heterocycles. The summed E-state index contributed by atoms with van der Waals surface area (Å²) in [6, 6.07) is 13.1. The normalized spacial score (nSPS) is 14.6. The molecule has 0 bridgehead atoms. The van der Waals surface area contributed by atoms with Crippen molar-refractivity contribution in [2.75, 3.05) is 33.3 Å². The van der Waals surface area contributed by atoms with Gasteiger partial charge in [-0.15, -0.1) is 0 Å². The first-order valence-corrected chi connectivity index (χ1v) is 10.2. The van der Waals surface area contributed by atoms with E-state index in [-0.39, 0.29) is 29.7 Å². The van der Waals surface area contributed by atoms with Crippen LogP contribution in [0.2, 0.25) is 0 Å². The first-order chi connectivity index (χ1) is 15.0. The predicted octanol–water partition coefficient (Wildman–Crippen LogP) is 2.29. The fourth-order valence-electron chi connectivity index (χ4n) is 3.73. The van der Waals surface area contributed by atoms with Gasteiger partial charge in [-0.05, 0) is 38.1 Å². The average Bonchev–Trinajstić information content (AvgIpc) is 3.32. The third-order valence-electron chi connectivity index (χ3n) is 5.30. The Labute approximate surface area is 180 Å². The zero-order valence-corrected chi connectivity index (χ0v) is 17.4. The molecule has 3 rings (SSSR count). The summed E-state index contributed by atoms with van der Waals surface area (Å²) in [5.74, 6) is -0.106. The smallest absolute Gasteiger partial charge is 0.270 e. The van der Waals surface area contributed by atoms with Crippen LogP contribution in [0, 0.1) is 10.1 Å². The van der Waals surface area contributed by atoms with Crippen LogP contribution in [0.15, 0.2) is 48.5 Å². The molecule has 1 aliphatic rings. The van der Waals surface area contributed by atoms with E-state index in [1.807, 2.05) is 24.3 Å². The van der Waals surface area contributed by atoms with E-state index in [9.17, 15) is 19.7 Å². The van der Waals surface area contributed by atoms with Crippen molar-refractivity contribution in [2.45, 2.75) is 18.9 Å². The van der Waals surface area contributed by atoms with Crippen LogP contribution in [0.3, 0.4) is 0 Å². The number of non-ortho nitro benzene ring substituents is 1. The van der Waals surface area contributed by atoms with E-state index in [1.165, 1.54) is 24.3 Å². The topological polar surface area (TPSA) is 114 Å². The molecule has 2 N–H and O–H groups in total. The Morgan fingerprint density at radius 3 is 2.58 bits per heavy atom. The summed E-state index contributed by atoms with van der Waals surface area (Å²) < 4.78 is 5.50. The first-order valence-electron chi connectivity index (χ1n) is 10.2. The number of benzene rings is 2. The van der Waals surface area contributed by atoms with Gasteiger partial charge in [0.15, 0.2) is 0 Å². The molecule has 31 heavy (non-hydrogen) atoms. The van der Waals surface area contributed by atoms with Crippen LogP contribution in [-0.4, -0.2) is 54.9 Å². The van der Waals surface area contributed by atoms with Gasteiger partial charge in [0, 0.05) is 29.8 Å². The van der Waals surface area contributed by atoms with Crippen molar-refractivity contribution in [1.82, 2.24) is 15.5 Å². The number of methoxy groups -OCH3 is 1. The lowest BCUT2D eigenvalue weighted by atomic mass is 10.0. The summed E-state index contributed by atoms with van der Waals surface area (Å²) in [5, 5.41) is 16.3. The number of hydrogen-bond acceptors (Lipinski definition) is 6. The van der Waals surface area contributed by atoms with Gasteiger partial charge in [0.1, 0.15) is 5.75 Å². The highest BCUT2D eigenvalue weighted by atomic mass is 16.6. The molecule has 1 aliphatic heterocycles. The molecular weight excluding hydrogens is 400 g/mol. The minimum absolute atomic E-state index is 0.0323. The van der Waals surface area contributed by atoms with Gasteiger partial charge in [0.25, 0.3) is 11.6 Å². The van der Waals surface area contributed by atoms with Crippen LogP contribution in [0.5, 0.6) is 5.75 Å². The number of amides is 2. The SMILES string of the molecule is COc1ccccc1C(CNC(=O)CNC(=O)c1cccc([N+](=O)[O-])c1)N1CCCC1. The van der Waals surface area contributed by atoms with E-state index < -0.39 is 10.8 Å². The molecule has 164 valence electrons. The van der Waals surface area contributed by atoms with Gasteiger partial charge in [0.2, 0.25) is 5.91 Å². The van der Waals surface area contributed by atoms with Crippen molar-refractivity contribution >= 4 is 17.5 Å². The second-order valence-electron chi connectivity index (χ2n) is 7.30. The number of para-hydroxylation sites is 1. The number of nitrogens with zero attached hydrogens (tertiary/aromatic N) is 2. The maximum Gasteiger partial charge on any atom is 0.270 e. The number of hydrogen-bond donors (Lipinski definition) is 2. The van der Waals surface area contributed by atoms with Crippen LogP contribution in [0.25, 0.3) is 0 Å². The van der Waals surface area contributed by atoms with Crippen LogP contribution in [-0.2, 0) is 4.79 Å². The third kappa shape index (κ3) is 5.79. The van der Waals surface area contributed by atoms with Gasteiger partial charge in [-0.25, -0.2) is 0 Å². The number of rotatable bonds is 9. The lowest BCUT2D eigenvalue weighted by Crippen LogP contribution is -2.41. The molecule has 9 nitrogen and oxygen atoms in total.